The van der Waals surface area contributed by atoms with Gasteiger partial charge in [0.1, 0.15) is 5.75 Å². The topological polar surface area (TPSA) is 70.6 Å². The number of nitrogens with one attached hydrogen (secondary N) is 2. The number of ether oxygens (including phenoxy) is 1. The van der Waals surface area contributed by atoms with Gasteiger partial charge in [-0.3, -0.25) is 0 Å². The maximum Gasteiger partial charge on any atom is 0.416 e. The molecule has 1 rings (SSSR count). The third kappa shape index (κ3) is 5.10. The summed E-state index contributed by atoms with van der Waals surface area (Å²) < 4.78 is 43.8. The summed E-state index contributed by atoms with van der Waals surface area (Å²) in [4.78, 5) is 11.6. The molecule has 0 fully saturated rings. The zero-order valence-corrected chi connectivity index (χ0v) is 12.3. The molecule has 1 atom stereocenters. The molecule has 8 heteroatoms. The maximum absolute atomic E-state index is 13.0. The Labute approximate surface area is 126 Å². The Hall–Kier alpha value is -1.96. The molecule has 0 saturated carbocycles. The monoisotopic (exact) mass is 320 g/mol. The average molecular weight is 320 g/mol. The van der Waals surface area contributed by atoms with Gasteiger partial charge in [-0.05, 0) is 24.1 Å². The summed E-state index contributed by atoms with van der Waals surface area (Å²) in [5.74, 6) is 0.0897. The van der Waals surface area contributed by atoms with Crippen molar-refractivity contribution in [3.63, 3.8) is 0 Å². The van der Waals surface area contributed by atoms with E-state index in [2.05, 4.69) is 10.6 Å². The number of hydrogen-bond acceptors (Lipinski definition) is 3. The minimum atomic E-state index is -4.54. The fourth-order valence-electron chi connectivity index (χ4n) is 1.79. The first-order chi connectivity index (χ1) is 10.3. The predicted molar refractivity (Wildman–Crippen MR) is 74.5 cm³/mol. The van der Waals surface area contributed by atoms with Crippen LogP contribution in [0.2, 0.25) is 0 Å². The lowest BCUT2D eigenvalue weighted by atomic mass is 10.1. The Morgan fingerprint density at radius 2 is 2.09 bits per heavy atom. The van der Waals surface area contributed by atoms with E-state index in [9.17, 15) is 18.0 Å². The molecule has 0 aliphatic rings. The molecule has 0 heterocycles. The van der Waals surface area contributed by atoms with Crippen LogP contribution in [-0.4, -0.2) is 30.9 Å². The van der Waals surface area contributed by atoms with Crippen LogP contribution in [0.3, 0.4) is 0 Å². The van der Waals surface area contributed by atoms with Crippen molar-refractivity contribution in [3.8, 4) is 5.75 Å². The van der Waals surface area contributed by atoms with E-state index in [1.54, 1.807) is 6.92 Å². The van der Waals surface area contributed by atoms with Gasteiger partial charge in [-0.15, -0.1) is 0 Å². The lowest BCUT2D eigenvalue weighted by Crippen LogP contribution is -2.43. The fraction of sp³-hybridized carbons (Fsp3) is 0.500. The molecule has 2 amide bonds. The molecule has 0 aliphatic heterocycles. The number of halogens is 3. The van der Waals surface area contributed by atoms with Crippen LogP contribution in [0, 0.1) is 0 Å². The zero-order valence-electron chi connectivity index (χ0n) is 12.3. The minimum Gasteiger partial charge on any atom is -0.497 e. The molecule has 0 aliphatic carbocycles. The molecule has 0 aromatic heterocycles. The number of carbonyl (C=O) groups is 1. The molecule has 0 bridgehead atoms. The van der Waals surface area contributed by atoms with Gasteiger partial charge >= 0.3 is 12.2 Å². The summed E-state index contributed by atoms with van der Waals surface area (Å²) >= 11 is 0. The van der Waals surface area contributed by atoms with E-state index in [4.69, 9.17) is 9.84 Å². The van der Waals surface area contributed by atoms with Gasteiger partial charge in [-0.2, -0.15) is 13.2 Å². The second-order valence-corrected chi connectivity index (χ2v) is 4.64. The lowest BCUT2D eigenvalue weighted by Gasteiger charge is -2.17. The molecule has 0 spiro atoms. The molecule has 5 nitrogen and oxygen atoms in total. The van der Waals surface area contributed by atoms with Crippen LogP contribution in [0.4, 0.5) is 18.0 Å². The number of urea groups is 1. The number of amides is 2. The molecular weight excluding hydrogens is 301 g/mol. The number of methoxy groups -OCH3 is 1. The number of aliphatic hydroxyl groups excluding tert-OH is 1. The number of hydrogen-bond donors (Lipinski definition) is 3. The second kappa shape index (κ2) is 7.88. The standard InChI is InChI=1S/C14H19F3N2O3/c1-3-10(8-20)19-13(21)18-7-9-4-5-11(22-2)6-12(9)14(15,16)17/h4-6,10,20H,3,7-8H2,1-2H3,(H2,18,19,21). The molecule has 1 unspecified atom stereocenters. The van der Waals surface area contributed by atoms with Gasteiger partial charge in [0.25, 0.3) is 0 Å². The van der Waals surface area contributed by atoms with E-state index in [1.807, 2.05) is 0 Å². The van der Waals surface area contributed by atoms with E-state index in [-0.39, 0.29) is 24.5 Å². The largest absolute Gasteiger partial charge is 0.497 e. The summed E-state index contributed by atoms with van der Waals surface area (Å²) in [5, 5.41) is 13.8. The van der Waals surface area contributed by atoms with Crippen LogP contribution in [0.15, 0.2) is 18.2 Å². The molecular formula is C14H19F3N2O3. The number of alkyl halides is 3. The summed E-state index contributed by atoms with van der Waals surface area (Å²) in [5.41, 5.74) is -0.929. The molecule has 0 saturated heterocycles. The van der Waals surface area contributed by atoms with Gasteiger partial charge in [0.15, 0.2) is 0 Å². The smallest absolute Gasteiger partial charge is 0.416 e. The van der Waals surface area contributed by atoms with Gasteiger partial charge in [0, 0.05) is 6.54 Å². The normalized spacial score (nSPS) is 12.6. The van der Waals surface area contributed by atoms with E-state index in [0.717, 1.165) is 6.07 Å². The Kier molecular flexibility index (Phi) is 6.48. The van der Waals surface area contributed by atoms with Crippen molar-refractivity contribution in [2.75, 3.05) is 13.7 Å². The van der Waals surface area contributed by atoms with Crippen molar-refractivity contribution in [1.29, 1.82) is 0 Å². The summed E-state index contributed by atoms with van der Waals surface area (Å²) in [6.07, 6.45) is -4.03. The molecule has 1 aromatic carbocycles. The Balaban J connectivity index is 2.79. The Morgan fingerprint density at radius 3 is 2.59 bits per heavy atom. The van der Waals surface area contributed by atoms with Gasteiger partial charge in [-0.1, -0.05) is 13.0 Å². The van der Waals surface area contributed by atoms with Crippen LogP contribution in [-0.2, 0) is 12.7 Å². The number of aliphatic hydroxyl groups is 1. The highest BCUT2D eigenvalue weighted by molar-refractivity contribution is 5.74. The van der Waals surface area contributed by atoms with Gasteiger partial charge in [0.05, 0.1) is 25.3 Å². The fourth-order valence-corrected chi connectivity index (χ4v) is 1.79. The highest BCUT2D eigenvalue weighted by Gasteiger charge is 2.33. The van der Waals surface area contributed by atoms with E-state index < -0.39 is 23.8 Å². The minimum absolute atomic E-state index is 0.0690. The van der Waals surface area contributed by atoms with Crippen LogP contribution >= 0.6 is 0 Å². The lowest BCUT2D eigenvalue weighted by molar-refractivity contribution is -0.138. The summed E-state index contributed by atoms with van der Waals surface area (Å²) in [6.45, 7) is 1.25. The van der Waals surface area contributed by atoms with Crippen molar-refractivity contribution in [3.05, 3.63) is 29.3 Å². The SMILES string of the molecule is CCC(CO)NC(=O)NCc1ccc(OC)cc1C(F)(F)F. The van der Waals surface area contributed by atoms with Gasteiger partial charge < -0.3 is 20.5 Å². The molecule has 22 heavy (non-hydrogen) atoms. The predicted octanol–water partition coefficient (Wildman–Crippen LogP) is 2.28. The third-order valence-corrected chi connectivity index (χ3v) is 3.11. The Morgan fingerprint density at radius 1 is 1.41 bits per heavy atom. The van der Waals surface area contributed by atoms with Crippen molar-refractivity contribution in [2.24, 2.45) is 0 Å². The first-order valence-electron chi connectivity index (χ1n) is 6.71. The molecule has 3 N–H and O–H groups in total. The quantitative estimate of drug-likeness (QED) is 0.753. The molecule has 1 aromatic rings. The highest BCUT2D eigenvalue weighted by atomic mass is 19.4. The number of benzene rings is 1. The molecule has 0 radical (unpaired) electrons. The van der Waals surface area contributed by atoms with Gasteiger partial charge in [0.2, 0.25) is 0 Å². The third-order valence-electron chi connectivity index (χ3n) is 3.11. The van der Waals surface area contributed by atoms with E-state index in [1.165, 1.54) is 19.2 Å². The maximum atomic E-state index is 13.0. The Bertz CT molecular complexity index is 503. The van der Waals surface area contributed by atoms with Crippen molar-refractivity contribution < 1.29 is 27.8 Å². The van der Waals surface area contributed by atoms with Crippen LogP contribution < -0.4 is 15.4 Å². The number of carbonyl (C=O) groups excluding carboxylic acids is 1. The van der Waals surface area contributed by atoms with Crippen LogP contribution in [0.1, 0.15) is 24.5 Å². The first-order valence-corrected chi connectivity index (χ1v) is 6.71. The second-order valence-electron chi connectivity index (χ2n) is 4.64. The zero-order chi connectivity index (χ0) is 16.8. The summed E-state index contributed by atoms with van der Waals surface area (Å²) in [6, 6.07) is 2.47. The van der Waals surface area contributed by atoms with Crippen LogP contribution in [0.25, 0.3) is 0 Å². The van der Waals surface area contributed by atoms with E-state index >= 15 is 0 Å². The van der Waals surface area contributed by atoms with E-state index in [0.29, 0.717) is 6.42 Å². The number of rotatable bonds is 6. The van der Waals surface area contributed by atoms with Gasteiger partial charge in [-0.25, -0.2) is 4.79 Å². The highest BCUT2D eigenvalue weighted by Crippen LogP contribution is 2.34. The van der Waals surface area contributed by atoms with Crippen LogP contribution in [0.5, 0.6) is 5.75 Å². The average Bonchev–Trinajstić information content (AvgIpc) is 2.49. The van der Waals surface area contributed by atoms with Crippen molar-refractivity contribution >= 4 is 6.03 Å². The van der Waals surface area contributed by atoms with Crippen molar-refractivity contribution in [2.45, 2.75) is 32.1 Å². The molecule has 124 valence electrons. The van der Waals surface area contributed by atoms with Crippen molar-refractivity contribution in [1.82, 2.24) is 10.6 Å². The summed E-state index contributed by atoms with van der Waals surface area (Å²) in [7, 11) is 1.28. The first kappa shape index (κ1) is 18.1.